The van der Waals surface area contributed by atoms with E-state index in [-0.39, 0.29) is 12.5 Å². The van der Waals surface area contributed by atoms with E-state index in [9.17, 15) is 24.0 Å². The lowest BCUT2D eigenvalue weighted by atomic mass is 10.3. The van der Waals surface area contributed by atoms with Gasteiger partial charge in [0.1, 0.15) is 18.3 Å². The molecule has 1 aromatic heterocycles. The number of nitrogens with zero attached hydrogens (tertiary/aromatic N) is 2. The summed E-state index contributed by atoms with van der Waals surface area (Å²) in [5.41, 5.74) is 0. The molecule has 1 atom stereocenters. The van der Waals surface area contributed by atoms with Gasteiger partial charge in [0.15, 0.2) is 0 Å². The maximum absolute atomic E-state index is 12.3. The van der Waals surface area contributed by atoms with Crippen molar-refractivity contribution in [3.05, 3.63) is 24.2 Å². The van der Waals surface area contributed by atoms with E-state index in [2.05, 4.69) is 10.6 Å². The third kappa shape index (κ3) is 4.26. The number of hydrogen-bond donors (Lipinski definition) is 2. The van der Waals surface area contributed by atoms with Crippen LogP contribution in [0.2, 0.25) is 0 Å². The number of hydrogen-bond acceptors (Lipinski definition) is 6. The Hall–Kier alpha value is -3.17. The molecular weight excluding hydrogens is 344 g/mol. The zero-order valence-corrected chi connectivity index (χ0v) is 14.5. The topological polar surface area (TPSA) is 129 Å². The number of urea groups is 1. The smallest absolute Gasteiger partial charge is 0.335 e. The zero-order chi connectivity index (χ0) is 19.3. The summed E-state index contributed by atoms with van der Waals surface area (Å²) in [5, 5.41) is 5.00. The van der Waals surface area contributed by atoms with Gasteiger partial charge in [0.05, 0.1) is 12.8 Å². The average Bonchev–Trinajstić information content (AvgIpc) is 3.19. The molecule has 10 nitrogen and oxygen atoms in total. The predicted molar refractivity (Wildman–Crippen MR) is 87.3 cm³/mol. The summed E-state index contributed by atoms with van der Waals surface area (Å²) in [6.45, 7) is 2.98. The third-order valence-corrected chi connectivity index (χ3v) is 3.65. The molecule has 0 aliphatic carbocycles. The first-order valence-electron chi connectivity index (χ1n) is 8.12. The maximum atomic E-state index is 12.3. The van der Waals surface area contributed by atoms with Crippen LogP contribution in [0.3, 0.4) is 0 Å². The number of carbonyl (C=O) groups is 5. The third-order valence-electron chi connectivity index (χ3n) is 3.65. The number of carbonyl (C=O) groups excluding carboxylic acids is 5. The van der Waals surface area contributed by atoms with E-state index in [1.807, 2.05) is 6.92 Å². The standard InChI is InChI=1S/C16H20N4O6/c1-3-6-17-13(22)10(2)18-12(21)9-20-15(24)14(23)19(16(20)25)8-11-5-4-7-26-11/h4-5,7,10H,3,6,8-9H2,1-2H3,(H,17,22)(H,18,21)/t10-/m1/s1. The van der Waals surface area contributed by atoms with Crippen LogP contribution in [-0.4, -0.2) is 58.6 Å². The Labute approximate surface area is 149 Å². The molecule has 0 bridgehead atoms. The molecule has 6 amide bonds. The molecule has 2 N–H and O–H groups in total. The van der Waals surface area contributed by atoms with Crippen molar-refractivity contribution in [2.45, 2.75) is 32.9 Å². The van der Waals surface area contributed by atoms with E-state index < -0.39 is 36.3 Å². The van der Waals surface area contributed by atoms with Crippen molar-refractivity contribution in [2.24, 2.45) is 0 Å². The molecule has 0 unspecified atom stereocenters. The number of imide groups is 2. The Kier molecular flexibility index (Phi) is 6.10. The van der Waals surface area contributed by atoms with Crippen LogP contribution in [0.1, 0.15) is 26.0 Å². The van der Waals surface area contributed by atoms with Crippen molar-refractivity contribution in [1.29, 1.82) is 0 Å². The monoisotopic (exact) mass is 364 g/mol. The minimum atomic E-state index is -1.10. The number of amides is 6. The summed E-state index contributed by atoms with van der Waals surface area (Å²) in [4.78, 5) is 61.2. The summed E-state index contributed by atoms with van der Waals surface area (Å²) < 4.78 is 5.06. The highest BCUT2D eigenvalue weighted by atomic mass is 16.3. The number of furan rings is 1. The molecule has 0 spiro atoms. The van der Waals surface area contributed by atoms with E-state index in [0.717, 1.165) is 6.42 Å². The summed E-state index contributed by atoms with van der Waals surface area (Å²) >= 11 is 0. The fraction of sp³-hybridized carbons (Fsp3) is 0.438. The fourth-order valence-corrected chi connectivity index (χ4v) is 2.29. The first kappa shape index (κ1) is 19.2. The average molecular weight is 364 g/mol. The minimum Gasteiger partial charge on any atom is -0.467 e. The van der Waals surface area contributed by atoms with Gasteiger partial charge in [0, 0.05) is 6.54 Å². The molecule has 2 heterocycles. The Morgan fingerprint density at radius 1 is 1.19 bits per heavy atom. The van der Waals surface area contributed by atoms with Crippen LogP contribution in [-0.2, 0) is 25.7 Å². The first-order valence-corrected chi connectivity index (χ1v) is 8.12. The Bertz CT molecular complexity index is 714. The van der Waals surface area contributed by atoms with Crippen LogP contribution in [0.5, 0.6) is 0 Å². The second-order valence-electron chi connectivity index (χ2n) is 5.72. The molecule has 140 valence electrons. The normalized spacial score (nSPS) is 15.4. The van der Waals surface area contributed by atoms with Crippen LogP contribution in [0.25, 0.3) is 0 Å². The molecule has 1 saturated heterocycles. The van der Waals surface area contributed by atoms with Crippen LogP contribution >= 0.6 is 0 Å². The lowest BCUT2D eigenvalue weighted by Crippen LogP contribution is -2.49. The first-order chi connectivity index (χ1) is 12.3. The van der Waals surface area contributed by atoms with E-state index >= 15 is 0 Å². The summed E-state index contributed by atoms with van der Waals surface area (Å²) in [6, 6.07) is 1.39. The van der Waals surface area contributed by atoms with Gasteiger partial charge in [-0.2, -0.15) is 0 Å². The molecule has 1 aliphatic heterocycles. The van der Waals surface area contributed by atoms with Gasteiger partial charge in [-0.3, -0.25) is 19.2 Å². The van der Waals surface area contributed by atoms with E-state index in [1.54, 1.807) is 12.1 Å². The van der Waals surface area contributed by atoms with Gasteiger partial charge in [0.2, 0.25) is 11.8 Å². The molecule has 1 aromatic rings. The summed E-state index contributed by atoms with van der Waals surface area (Å²) in [6.07, 6.45) is 2.12. The van der Waals surface area contributed by atoms with Crippen molar-refractivity contribution in [3.8, 4) is 0 Å². The predicted octanol–water partition coefficient (Wildman–Crippen LogP) is -0.399. The SMILES string of the molecule is CCCNC(=O)[C@@H](C)NC(=O)CN1C(=O)C(=O)N(Cc2ccco2)C1=O. The van der Waals surface area contributed by atoms with Crippen LogP contribution in [0, 0.1) is 0 Å². The number of rotatable bonds is 8. The lowest BCUT2D eigenvalue weighted by molar-refractivity contribution is -0.144. The van der Waals surface area contributed by atoms with Gasteiger partial charge in [0.25, 0.3) is 0 Å². The molecule has 0 radical (unpaired) electrons. The highest BCUT2D eigenvalue weighted by Gasteiger charge is 2.45. The van der Waals surface area contributed by atoms with Crippen molar-refractivity contribution in [3.63, 3.8) is 0 Å². The largest absolute Gasteiger partial charge is 0.467 e. The van der Waals surface area contributed by atoms with Gasteiger partial charge in [-0.05, 0) is 25.5 Å². The lowest BCUT2D eigenvalue weighted by Gasteiger charge is -2.17. The molecule has 1 fully saturated rings. The van der Waals surface area contributed by atoms with Gasteiger partial charge >= 0.3 is 17.8 Å². The Morgan fingerprint density at radius 3 is 2.50 bits per heavy atom. The molecule has 0 aromatic carbocycles. The summed E-state index contributed by atoms with van der Waals surface area (Å²) in [7, 11) is 0. The maximum Gasteiger partial charge on any atom is 0.335 e. The van der Waals surface area contributed by atoms with Crippen molar-refractivity contribution in [2.75, 3.05) is 13.1 Å². The fourth-order valence-electron chi connectivity index (χ4n) is 2.29. The molecular formula is C16H20N4O6. The number of nitrogens with one attached hydrogen (secondary N) is 2. The van der Waals surface area contributed by atoms with Gasteiger partial charge < -0.3 is 15.1 Å². The van der Waals surface area contributed by atoms with E-state index in [4.69, 9.17) is 4.42 Å². The molecule has 0 saturated carbocycles. The highest BCUT2D eigenvalue weighted by Crippen LogP contribution is 2.16. The quantitative estimate of drug-likeness (QED) is 0.477. The van der Waals surface area contributed by atoms with E-state index in [0.29, 0.717) is 22.1 Å². The molecule has 10 heteroatoms. The Balaban J connectivity index is 1.94. The van der Waals surface area contributed by atoms with Gasteiger partial charge in [-0.1, -0.05) is 6.92 Å². The minimum absolute atomic E-state index is 0.204. The van der Waals surface area contributed by atoms with Crippen molar-refractivity contribution in [1.82, 2.24) is 20.4 Å². The summed E-state index contributed by atoms with van der Waals surface area (Å²) in [5.74, 6) is -2.91. The van der Waals surface area contributed by atoms with E-state index in [1.165, 1.54) is 13.2 Å². The second-order valence-corrected chi connectivity index (χ2v) is 5.72. The van der Waals surface area contributed by atoms with Crippen LogP contribution < -0.4 is 10.6 Å². The molecule has 1 aliphatic rings. The van der Waals surface area contributed by atoms with Crippen molar-refractivity contribution >= 4 is 29.7 Å². The van der Waals surface area contributed by atoms with Crippen molar-refractivity contribution < 1.29 is 28.4 Å². The van der Waals surface area contributed by atoms with Gasteiger partial charge in [-0.15, -0.1) is 0 Å². The van der Waals surface area contributed by atoms with Crippen LogP contribution in [0.15, 0.2) is 22.8 Å². The Morgan fingerprint density at radius 2 is 1.88 bits per heavy atom. The van der Waals surface area contributed by atoms with Crippen LogP contribution in [0.4, 0.5) is 4.79 Å². The second kappa shape index (κ2) is 8.28. The molecule has 26 heavy (non-hydrogen) atoms. The zero-order valence-electron chi connectivity index (χ0n) is 14.5. The van der Waals surface area contributed by atoms with Gasteiger partial charge in [-0.25, -0.2) is 14.6 Å². The molecule has 2 rings (SSSR count). The highest BCUT2D eigenvalue weighted by molar-refractivity contribution is 6.44.